The van der Waals surface area contributed by atoms with E-state index in [2.05, 4.69) is 17.2 Å². The maximum Gasteiger partial charge on any atom is 0.262 e. The van der Waals surface area contributed by atoms with E-state index in [1.807, 2.05) is 0 Å². The number of halogens is 3. The van der Waals surface area contributed by atoms with E-state index in [4.69, 9.17) is 32.7 Å². The fraction of sp³-hybridized carbons (Fsp3) is 0.273. The summed E-state index contributed by atoms with van der Waals surface area (Å²) in [4.78, 5) is 24.3. The third-order valence-electron chi connectivity index (χ3n) is 4.63. The van der Waals surface area contributed by atoms with Crippen molar-refractivity contribution in [2.75, 3.05) is 13.2 Å². The molecule has 3 N–H and O–H groups in total. The summed E-state index contributed by atoms with van der Waals surface area (Å²) in [5.74, 6) is -0.946. The fourth-order valence-corrected chi connectivity index (χ4v) is 3.34. The van der Waals surface area contributed by atoms with Crippen LogP contribution in [0.5, 0.6) is 11.5 Å². The van der Waals surface area contributed by atoms with E-state index in [-0.39, 0.29) is 36.8 Å². The van der Waals surface area contributed by atoms with Crippen LogP contribution in [0, 0.1) is 5.82 Å². The van der Waals surface area contributed by atoms with Crippen LogP contribution >= 0.6 is 23.2 Å². The first-order valence-corrected chi connectivity index (χ1v) is 10.5. The summed E-state index contributed by atoms with van der Waals surface area (Å²) in [7, 11) is 0. The Kier molecular flexibility index (Phi) is 7.95. The Balaban J connectivity index is 1.38. The molecule has 32 heavy (non-hydrogen) atoms. The van der Waals surface area contributed by atoms with Gasteiger partial charge in [0.15, 0.2) is 12.7 Å². The minimum Gasteiger partial charge on any atom is -0.484 e. The van der Waals surface area contributed by atoms with Gasteiger partial charge in [-0.25, -0.2) is 4.39 Å². The highest BCUT2D eigenvalue weighted by Gasteiger charge is 2.31. The lowest BCUT2D eigenvalue weighted by Gasteiger charge is -2.29. The average molecular weight is 483 g/mol. The minimum absolute atomic E-state index is 0.0426. The molecule has 2 aromatic carbocycles. The molecule has 0 aromatic heterocycles. The second kappa shape index (κ2) is 10.7. The molecule has 3 rings (SSSR count). The van der Waals surface area contributed by atoms with Gasteiger partial charge in [-0.15, -0.1) is 0 Å². The van der Waals surface area contributed by atoms with Gasteiger partial charge in [0.1, 0.15) is 17.3 Å². The molecule has 0 bridgehead atoms. The van der Waals surface area contributed by atoms with Gasteiger partial charge < -0.3 is 25.2 Å². The Labute approximate surface area is 194 Å². The number of aliphatic hydroxyl groups is 1. The molecule has 0 radical (unpaired) electrons. The Morgan fingerprint density at radius 2 is 2.03 bits per heavy atom. The summed E-state index contributed by atoms with van der Waals surface area (Å²) >= 11 is 11.5. The summed E-state index contributed by atoms with van der Waals surface area (Å²) in [6, 6.07) is 8.69. The molecule has 2 atom stereocenters. The van der Waals surface area contributed by atoms with Crippen molar-refractivity contribution in [3.63, 3.8) is 0 Å². The highest BCUT2D eigenvalue weighted by molar-refractivity contribution is 6.31. The molecule has 7 nitrogen and oxygen atoms in total. The van der Waals surface area contributed by atoms with Gasteiger partial charge in [0.25, 0.3) is 11.8 Å². The molecule has 0 aliphatic carbocycles. The molecule has 1 aliphatic heterocycles. The van der Waals surface area contributed by atoms with E-state index in [1.54, 1.807) is 18.2 Å². The number of rotatable bonds is 8. The lowest BCUT2D eigenvalue weighted by molar-refractivity contribution is -0.130. The van der Waals surface area contributed by atoms with Gasteiger partial charge in [-0.1, -0.05) is 29.8 Å². The number of amides is 2. The van der Waals surface area contributed by atoms with Crippen LogP contribution in [-0.4, -0.2) is 36.2 Å². The number of aliphatic hydroxyl groups excluding tert-OH is 1. The van der Waals surface area contributed by atoms with Crippen LogP contribution < -0.4 is 20.1 Å². The van der Waals surface area contributed by atoms with Gasteiger partial charge in [0, 0.05) is 41.7 Å². The quantitative estimate of drug-likeness (QED) is 0.534. The first-order chi connectivity index (χ1) is 15.2. The first kappa shape index (κ1) is 23.8. The van der Waals surface area contributed by atoms with Crippen molar-refractivity contribution in [3.05, 3.63) is 70.1 Å². The third-order valence-corrected chi connectivity index (χ3v) is 5.17. The molecule has 1 aliphatic rings. The van der Waals surface area contributed by atoms with Gasteiger partial charge >= 0.3 is 0 Å². The van der Waals surface area contributed by atoms with Gasteiger partial charge in [0.2, 0.25) is 0 Å². The van der Waals surface area contributed by atoms with Crippen LogP contribution in [0.2, 0.25) is 10.0 Å². The van der Waals surface area contributed by atoms with Crippen molar-refractivity contribution in [2.24, 2.45) is 0 Å². The molecule has 1 heterocycles. The Hall–Kier alpha value is -2.81. The van der Waals surface area contributed by atoms with Gasteiger partial charge in [0.05, 0.1) is 11.1 Å². The number of nitrogens with one attached hydrogen (secondary N) is 2. The van der Waals surface area contributed by atoms with E-state index >= 15 is 0 Å². The van der Waals surface area contributed by atoms with Crippen LogP contribution in [0.4, 0.5) is 4.39 Å². The SMILES string of the molecule is C=C(CCNC(=O)[C@H]1C[C@@H](O)c2cc(Cl)ccc2O1)NC(=O)COc1ccc(Cl)c(F)c1. The molecule has 0 spiro atoms. The van der Waals surface area contributed by atoms with Gasteiger partial charge in [-0.3, -0.25) is 9.59 Å². The topological polar surface area (TPSA) is 96.9 Å². The van der Waals surface area contributed by atoms with Crippen LogP contribution in [0.15, 0.2) is 48.7 Å². The van der Waals surface area contributed by atoms with E-state index in [1.165, 1.54) is 12.1 Å². The molecule has 0 unspecified atom stereocenters. The Morgan fingerprint density at radius 3 is 2.78 bits per heavy atom. The predicted octanol–water partition coefficient (Wildman–Crippen LogP) is 3.53. The standard InChI is InChI=1S/C22H21Cl2FN2O5/c1-12(27-21(29)11-31-14-3-4-16(24)17(25)9-14)6-7-26-22(30)20-10-18(28)15-8-13(23)2-5-19(15)32-20/h2-5,8-9,18,20,28H,1,6-7,10-11H2,(H,26,30)(H,27,29)/t18-,20-/m1/s1. The van der Waals surface area contributed by atoms with Crippen molar-refractivity contribution in [3.8, 4) is 11.5 Å². The molecule has 0 fully saturated rings. The Morgan fingerprint density at radius 1 is 1.25 bits per heavy atom. The highest BCUT2D eigenvalue weighted by Crippen LogP contribution is 2.36. The smallest absolute Gasteiger partial charge is 0.262 e. The maximum absolute atomic E-state index is 13.4. The number of hydrogen-bond acceptors (Lipinski definition) is 5. The number of benzene rings is 2. The summed E-state index contributed by atoms with van der Waals surface area (Å²) < 4.78 is 24.2. The summed E-state index contributed by atoms with van der Waals surface area (Å²) in [6.07, 6.45) is -1.35. The van der Waals surface area contributed by atoms with Gasteiger partial charge in [-0.05, 0) is 30.3 Å². The van der Waals surface area contributed by atoms with Crippen LogP contribution in [-0.2, 0) is 9.59 Å². The molecule has 0 saturated carbocycles. The first-order valence-electron chi connectivity index (χ1n) is 9.70. The van der Waals surface area contributed by atoms with Crippen LogP contribution in [0.25, 0.3) is 0 Å². The Bertz CT molecular complexity index is 1030. The molecular weight excluding hydrogens is 462 g/mol. The molecule has 10 heteroatoms. The summed E-state index contributed by atoms with van der Waals surface area (Å²) in [5, 5.41) is 15.9. The van der Waals surface area contributed by atoms with Crippen LogP contribution in [0.1, 0.15) is 24.5 Å². The summed E-state index contributed by atoms with van der Waals surface area (Å²) in [6.45, 7) is 3.59. The minimum atomic E-state index is -0.864. The normalized spacial score (nSPS) is 17.0. The lowest BCUT2D eigenvalue weighted by atomic mass is 9.98. The lowest BCUT2D eigenvalue weighted by Crippen LogP contribution is -2.42. The van der Waals surface area contributed by atoms with Crippen molar-refractivity contribution in [2.45, 2.75) is 25.0 Å². The second-order valence-corrected chi connectivity index (χ2v) is 7.94. The van der Waals surface area contributed by atoms with Crippen molar-refractivity contribution < 1.29 is 28.6 Å². The van der Waals surface area contributed by atoms with E-state index < -0.39 is 29.8 Å². The molecule has 2 aromatic rings. The highest BCUT2D eigenvalue weighted by atomic mass is 35.5. The number of fused-ring (bicyclic) bond motifs is 1. The fourth-order valence-electron chi connectivity index (χ4n) is 3.04. The second-order valence-electron chi connectivity index (χ2n) is 7.10. The van der Waals surface area contributed by atoms with Crippen molar-refractivity contribution in [1.82, 2.24) is 10.6 Å². The van der Waals surface area contributed by atoms with Gasteiger partial charge in [-0.2, -0.15) is 0 Å². The monoisotopic (exact) mass is 482 g/mol. The molecule has 170 valence electrons. The predicted molar refractivity (Wildman–Crippen MR) is 117 cm³/mol. The molecule has 0 saturated heterocycles. The summed E-state index contributed by atoms with van der Waals surface area (Å²) in [5.41, 5.74) is 0.909. The maximum atomic E-state index is 13.4. The van der Waals surface area contributed by atoms with E-state index in [0.29, 0.717) is 22.0 Å². The van der Waals surface area contributed by atoms with E-state index in [0.717, 1.165) is 6.07 Å². The molecular formula is C22H21Cl2FN2O5. The zero-order chi connectivity index (χ0) is 23.3. The average Bonchev–Trinajstić information content (AvgIpc) is 2.74. The number of carbonyl (C=O) groups is 2. The molecule has 2 amide bonds. The van der Waals surface area contributed by atoms with Crippen molar-refractivity contribution in [1.29, 1.82) is 0 Å². The number of hydrogen-bond donors (Lipinski definition) is 3. The zero-order valence-electron chi connectivity index (χ0n) is 16.9. The largest absolute Gasteiger partial charge is 0.484 e. The zero-order valence-corrected chi connectivity index (χ0v) is 18.4. The number of ether oxygens (including phenoxy) is 2. The van der Waals surface area contributed by atoms with E-state index in [9.17, 15) is 19.1 Å². The number of carbonyl (C=O) groups excluding carboxylic acids is 2. The van der Waals surface area contributed by atoms with Crippen LogP contribution in [0.3, 0.4) is 0 Å². The van der Waals surface area contributed by atoms with Crippen molar-refractivity contribution >= 4 is 35.0 Å². The third kappa shape index (κ3) is 6.35.